The number of rotatable bonds is 7. The van der Waals surface area contributed by atoms with Gasteiger partial charge in [0.15, 0.2) is 0 Å². The summed E-state index contributed by atoms with van der Waals surface area (Å²) in [6.07, 6.45) is 6.02. The van der Waals surface area contributed by atoms with Crippen molar-refractivity contribution in [1.29, 1.82) is 0 Å². The lowest BCUT2D eigenvalue weighted by Crippen LogP contribution is -2.26. The van der Waals surface area contributed by atoms with Gasteiger partial charge in [-0.1, -0.05) is 25.8 Å². The maximum atomic E-state index is 13.9. The standard InChI is InChI=1S/C16H23F2NS/c1-2-10-19-15(11-20-12-6-3-4-7-12)16-13(17)8-5-9-14(16)18/h5,8-9,12,15,19H,2-4,6-7,10-11H2,1H3. The number of nitrogens with one attached hydrogen (secondary N) is 1. The first kappa shape index (κ1) is 15.8. The first-order valence-electron chi connectivity index (χ1n) is 7.51. The maximum Gasteiger partial charge on any atom is 0.130 e. The molecule has 0 aliphatic heterocycles. The van der Waals surface area contributed by atoms with Crippen molar-refractivity contribution < 1.29 is 8.78 Å². The molecule has 1 nitrogen and oxygen atoms in total. The van der Waals surface area contributed by atoms with Crippen LogP contribution in [0, 0.1) is 11.6 Å². The highest BCUT2D eigenvalue weighted by molar-refractivity contribution is 7.99. The van der Waals surface area contributed by atoms with E-state index in [1.807, 2.05) is 11.8 Å². The topological polar surface area (TPSA) is 12.0 Å². The van der Waals surface area contributed by atoms with E-state index in [4.69, 9.17) is 0 Å². The van der Waals surface area contributed by atoms with Crippen LogP contribution in [-0.4, -0.2) is 17.5 Å². The molecule has 1 unspecified atom stereocenters. The molecule has 0 aromatic heterocycles. The van der Waals surface area contributed by atoms with Crippen molar-refractivity contribution in [3.05, 3.63) is 35.4 Å². The molecule has 4 heteroatoms. The van der Waals surface area contributed by atoms with Crippen molar-refractivity contribution in [3.63, 3.8) is 0 Å². The molecule has 0 amide bonds. The van der Waals surface area contributed by atoms with Gasteiger partial charge in [-0.3, -0.25) is 0 Å². The molecule has 1 saturated carbocycles. The molecule has 1 N–H and O–H groups in total. The molecular formula is C16H23F2NS. The summed E-state index contributed by atoms with van der Waals surface area (Å²) in [6, 6.07) is 3.88. The van der Waals surface area contributed by atoms with Gasteiger partial charge in [0, 0.05) is 22.6 Å². The van der Waals surface area contributed by atoms with Gasteiger partial charge in [0.2, 0.25) is 0 Å². The van der Waals surface area contributed by atoms with Gasteiger partial charge in [-0.25, -0.2) is 8.78 Å². The lowest BCUT2D eigenvalue weighted by Gasteiger charge is -2.21. The number of hydrogen-bond donors (Lipinski definition) is 1. The first-order valence-corrected chi connectivity index (χ1v) is 8.56. The van der Waals surface area contributed by atoms with Crippen LogP contribution in [-0.2, 0) is 0 Å². The van der Waals surface area contributed by atoms with Crippen LogP contribution in [0.4, 0.5) is 8.78 Å². The lowest BCUT2D eigenvalue weighted by molar-refractivity contribution is 0.491. The summed E-state index contributed by atoms with van der Waals surface area (Å²) in [5.41, 5.74) is 0.200. The minimum atomic E-state index is -0.439. The summed E-state index contributed by atoms with van der Waals surface area (Å²) in [4.78, 5) is 0. The molecule has 1 aliphatic carbocycles. The van der Waals surface area contributed by atoms with Crippen LogP contribution in [0.25, 0.3) is 0 Å². The summed E-state index contributed by atoms with van der Waals surface area (Å²) < 4.78 is 27.9. The van der Waals surface area contributed by atoms with Crippen molar-refractivity contribution in [3.8, 4) is 0 Å². The predicted octanol–water partition coefficient (Wildman–Crippen LogP) is 4.68. The van der Waals surface area contributed by atoms with Gasteiger partial charge >= 0.3 is 0 Å². The van der Waals surface area contributed by atoms with E-state index >= 15 is 0 Å². The van der Waals surface area contributed by atoms with E-state index in [2.05, 4.69) is 12.2 Å². The molecule has 1 atom stereocenters. The van der Waals surface area contributed by atoms with Gasteiger partial charge in [0.1, 0.15) is 11.6 Å². The van der Waals surface area contributed by atoms with E-state index in [9.17, 15) is 8.78 Å². The normalized spacial score (nSPS) is 17.6. The summed E-state index contributed by atoms with van der Waals surface area (Å²) in [7, 11) is 0. The van der Waals surface area contributed by atoms with Crippen molar-refractivity contribution in [2.75, 3.05) is 12.3 Å². The Balaban J connectivity index is 2.05. The Bertz CT molecular complexity index is 399. The average Bonchev–Trinajstić information content (AvgIpc) is 2.94. The Morgan fingerprint density at radius 1 is 1.25 bits per heavy atom. The van der Waals surface area contributed by atoms with Crippen molar-refractivity contribution in [1.82, 2.24) is 5.32 Å². The van der Waals surface area contributed by atoms with Gasteiger partial charge in [-0.15, -0.1) is 0 Å². The molecule has 1 fully saturated rings. The van der Waals surface area contributed by atoms with E-state index in [0.29, 0.717) is 5.25 Å². The molecule has 1 aromatic carbocycles. The van der Waals surface area contributed by atoms with E-state index in [0.717, 1.165) is 18.7 Å². The monoisotopic (exact) mass is 299 g/mol. The number of benzene rings is 1. The fraction of sp³-hybridized carbons (Fsp3) is 0.625. The fourth-order valence-electron chi connectivity index (χ4n) is 2.69. The second-order valence-corrected chi connectivity index (χ2v) is 6.72. The smallest absolute Gasteiger partial charge is 0.130 e. The Morgan fingerprint density at radius 3 is 2.50 bits per heavy atom. The summed E-state index contributed by atoms with van der Waals surface area (Å²) in [5, 5.41) is 3.95. The molecule has 1 aliphatic rings. The van der Waals surface area contributed by atoms with Crippen LogP contribution in [0.2, 0.25) is 0 Å². The molecule has 0 saturated heterocycles. The van der Waals surface area contributed by atoms with Gasteiger partial charge in [0.05, 0.1) is 0 Å². The van der Waals surface area contributed by atoms with Crippen LogP contribution in [0.15, 0.2) is 18.2 Å². The largest absolute Gasteiger partial charge is 0.309 e. The van der Waals surface area contributed by atoms with Crippen LogP contribution in [0.1, 0.15) is 50.6 Å². The van der Waals surface area contributed by atoms with Gasteiger partial charge in [-0.2, -0.15) is 11.8 Å². The van der Waals surface area contributed by atoms with E-state index in [1.54, 1.807) is 0 Å². The third kappa shape index (κ3) is 4.19. The Morgan fingerprint density at radius 2 is 1.90 bits per heavy atom. The highest BCUT2D eigenvalue weighted by Gasteiger charge is 2.22. The quantitative estimate of drug-likeness (QED) is 0.784. The molecular weight excluding hydrogens is 276 g/mol. The van der Waals surface area contributed by atoms with Gasteiger partial charge < -0.3 is 5.32 Å². The first-order chi connectivity index (χ1) is 9.72. The van der Waals surface area contributed by atoms with Crippen molar-refractivity contribution >= 4 is 11.8 Å². The molecule has 0 bridgehead atoms. The van der Waals surface area contributed by atoms with E-state index in [1.165, 1.54) is 43.9 Å². The minimum Gasteiger partial charge on any atom is -0.309 e. The zero-order chi connectivity index (χ0) is 14.4. The molecule has 20 heavy (non-hydrogen) atoms. The second kappa shape index (κ2) is 7.99. The minimum absolute atomic E-state index is 0.200. The number of halogens is 2. The van der Waals surface area contributed by atoms with Crippen LogP contribution >= 0.6 is 11.8 Å². The van der Waals surface area contributed by atoms with E-state index in [-0.39, 0.29) is 11.6 Å². The molecule has 2 rings (SSSR count). The molecule has 112 valence electrons. The van der Waals surface area contributed by atoms with Crippen LogP contribution < -0.4 is 5.32 Å². The molecule has 0 radical (unpaired) electrons. The average molecular weight is 299 g/mol. The van der Waals surface area contributed by atoms with Crippen LogP contribution in [0.3, 0.4) is 0 Å². The summed E-state index contributed by atoms with van der Waals surface area (Å²) in [6.45, 7) is 2.84. The zero-order valence-electron chi connectivity index (χ0n) is 12.0. The highest BCUT2D eigenvalue weighted by Crippen LogP contribution is 2.33. The Hall–Kier alpha value is -0.610. The Labute approximate surface area is 124 Å². The SMILES string of the molecule is CCCNC(CSC1CCCC1)c1c(F)cccc1F. The van der Waals surface area contributed by atoms with E-state index < -0.39 is 11.6 Å². The zero-order valence-corrected chi connectivity index (χ0v) is 12.8. The fourth-order valence-corrected chi connectivity index (χ4v) is 4.11. The number of thioether (sulfide) groups is 1. The van der Waals surface area contributed by atoms with Crippen LogP contribution in [0.5, 0.6) is 0 Å². The summed E-state index contributed by atoms with van der Waals surface area (Å²) >= 11 is 1.86. The predicted molar refractivity (Wildman–Crippen MR) is 82.1 cm³/mol. The van der Waals surface area contributed by atoms with Gasteiger partial charge in [-0.05, 0) is 37.9 Å². The summed E-state index contributed by atoms with van der Waals surface area (Å²) in [5.74, 6) is -0.140. The highest BCUT2D eigenvalue weighted by atomic mass is 32.2. The van der Waals surface area contributed by atoms with Crippen molar-refractivity contribution in [2.24, 2.45) is 0 Å². The van der Waals surface area contributed by atoms with Crippen molar-refractivity contribution in [2.45, 2.75) is 50.3 Å². The second-order valence-electron chi connectivity index (χ2n) is 5.38. The third-order valence-electron chi connectivity index (χ3n) is 3.79. The maximum absolute atomic E-state index is 13.9. The lowest BCUT2D eigenvalue weighted by atomic mass is 10.1. The molecule has 0 heterocycles. The molecule has 1 aromatic rings. The Kier molecular flexibility index (Phi) is 6.30. The third-order valence-corrected chi connectivity index (χ3v) is 5.26. The van der Waals surface area contributed by atoms with Gasteiger partial charge in [0.25, 0.3) is 0 Å². The number of hydrogen-bond acceptors (Lipinski definition) is 2. The molecule has 0 spiro atoms.